The lowest BCUT2D eigenvalue weighted by Crippen LogP contribution is -2.35. The van der Waals surface area contributed by atoms with Crippen LogP contribution in [0.15, 0.2) is 6.33 Å². The highest BCUT2D eigenvalue weighted by molar-refractivity contribution is 4.92. The van der Waals surface area contributed by atoms with Gasteiger partial charge >= 0.3 is 0 Å². The van der Waals surface area contributed by atoms with Crippen molar-refractivity contribution in [2.75, 3.05) is 13.1 Å². The summed E-state index contributed by atoms with van der Waals surface area (Å²) in [5.41, 5.74) is 0. The Hall–Kier alpha value is -1.41. The standard InChI is InChI=1S/C12H19N5/c1-10(2)17-12(14-9-15-17)8-16-5-3-4-11(6-13)7-16/h9-11H,3-5,7-8H2,1-2H3. The maximum absolute atomic E-state index is 8.97. The minimum atomic E-state index is 0.180. The molecule has 0 radical (unpaired) electrons. The summed E-state index contributed by atoms with van der Waals surface area (Å²) in [5, 5.41) is 13.2. The van der Waals surface area contributed by atoms with Crippen molar-refractivity contribution in [2.24, 2.45) is 5.92 Å². The molecule has 0 aromatic carbocycles. The molecule has 1 aromatic rings. The first kappa shape index (κ1) is 12.1. The van der Waals surface area contributed by atoms with Crippen molar-refractivity contribution in [2.45, 2.75) is 39.3 Å². The first-order valence-corrected chi connectivity index (χ1v) is 6.21. The predicted molar refractivity (Wildman–Crippen MR) is 64.0 cm³/mol. The fraction of sp³-hybridized carbons (Fsp3) is 0.750. The van der Waals surface area contributed by atoms with Crippen molar-refractivity contribution < 1.29 is 0 Å². The fourth-order valence-electron chi connectivity index (χ4n) is 2.32. The molecule has 0 bridgehead atoms. The van der Waals surface area contributed by atoms with E-state index in [0.29, 0.717) is 6.04 Å². The minimum absolute atomic E-state index is 0.180. The summed E-state index contributed by atoms with van der Waals surface area (Å²) in [6, 6.07) is 2.70. The summed E-state index contributed by atoms with van der Waals surface area (Å²) in [6.07, 6.45) is 3.75. The molecule has 1 aliphatic heterocycles. The van der Waals surface area contributed by atoms with E-state index in [1.807, 2.05) is 4.68 Å². The summed E-state index contributed by atoms with van der Waals surface area (Å²) in [7, 11) is 0. The average molecular weight is 233 g/mol. The third kappa shape index (κ3) is 2.83. The van der Waals surface area contributed by atoms with Crippen LogP contribution in [0.4, 0.5) is 0 Å². The molecule has 5 nitrogen and oxygen atoms in total. The van der Waals surface area contributed by atoms with Crippen molar-refractivity contribution >= 4 is 0 Å². The van der Waals surface area contributed by atoms with E-state index < -0.39 is 0 Å². The molecule has 2 heterocycles. The SMILES string of the molecule is CC(C)n1ncnc1CN1CCCC(C#N)C1. The highest BCUT2D eigenvalue weighted by Crippen LogP contribution is 2.17. The van der Waals surface area contributed by atoms with Gasteiger partial charge < -0.3 is 0 Å². The van der Waals surface area contributed by atoms with E-state index in [2.05, 4.69) is 34.9 Å². The van der Waals surface area contributed by atoms with Crippen LogP contribution >= 0.6 is 0 Å². The topological polar surface area (TPSA) is 57.7 Å². The van der Waals surface area contributed by atoms with Crippen LogP contribution in [0.5, 0.6) is 0 Å². The smallest absolute Gasteiger partial charge is 0.141 e. The van der Waals surface area contributed by atoms with E-state index >= 15 is 0 Å². The number of hydrogen-bond acceptors (Lipinski definition) is 4. The van der Waals surface area contributed by atoms with E-state index in [9.17, 15) is 0 Å². The number of hydrogen-bond donors (Lipinski definition) is 0. The molecule has 0 aliphatic carbocycles. The van der Waals surface area contributed by atoms with Crippen LogP contribution in [-0.2, 0) is 6.54 Å². The number of rotatable bonds is 3. The van der Waals surface area contributed by atoms with Crippen LogP contribution in [0.2, 0.25) is 0 Å². The molecular weight excluding hydrogens is 214 g/mol. The molecule has 1 fully saturated rings. The number of piperidine rings is 1. The zero-order valence-electron chi connectivity index (χ0n) is 10.5. The monoisotopic (exact) mass is 233 g/mol. The quantitative estimate of drug-likeness (QED) is 0.795. The highest BCUT2D eigenvalue weighted by atomic mass is 15.4. The summed E-state index contributed by atoms with van der Waals surface area (Å²) in [6.45, 7) is 6.93. The van der Waals surface area contributed by atoms with E-state index in [0.717, 1.165) is 38.3 Å². The van der Waals surface area contributed by atoms with Gasteiger partial charge in [0.15, 0.2) is 0 Å². The lowest BCUT2D eigenvalue weighted by atomic mass is 10.00. The molecule has 0 saturated carbocycles. The van der Waals surface area contributed by atoms with Crippen LogP contribution in [0, 0.1) is 17.2 Å². The molecule has 1 unspecified atom stereocenters. The lowest BCUT2D eigenvalue weighted by Gasteiger charge is -2.29. The summed E-state index contributed by atoms with van der Waals surface area (Å²) < 4.78 is 1.95. The highest BCUT2D eigenvalue weighted by Gasteiger charge is 2.21. The number of aromatic nitrogens is 3. The molecule has 1 aliphatic rings. The molecule has 92 valence electrons. The van der Waals surface area contributed by atoms with E-state index in [4.69, 9.17) is 5.26 Å². The molecule has 1 saturated heterocycles. The van der Waals surface area contributed by atoms with Crippen LogP contribution in [0.3, 0.4) is 0 Å². The molecule has 17 heavy (non-hydrogen) atoms. The van der Waals surface area contributed by atoms with Gasteiger partial charge in [-0.2, -0.15) is 10.4 Å². The number of likely N-dealkylation sites (tertiary alicyclic amines) is 1. The normalized spacial score (nSPS) is 21.6. The lowest BCUT2D eigenvalue weighted by molar-refractivity contribution is 0.184. The Morgan fingerprint density at radius 1 is 1.59 bits per heavy atom. The Morgan fingerprint density at radius 2 is 2.41 bits per heavy atom. The van der Waals surface area contributed by atoms with Crippen molar-refractivity contribution in [1.29, 1.82) is 5.26 Å². The van der Waals surface area contributed by atoms with E-state index in [-0.39, 0.29) is 5.92 Å². The van der Waals surface area contributed by atoms with Gasteiger partial charge in [-0.3, -0.25) is 4.90 Å². The maximum atomic E-state index is 8.97. The van der Waals surface area contributed by atoms with Gasteiger partial charge in [-0.15, -0.1) is 0 Å². The molecular formula is C12H19N5. The summed E-state index contributed by atoms with van der Waals surface area (Å²) >= 11 is 0. The largest absolute Gasteiger partial charge is 0.295 e. The van der Waals surface area contributed by atoms with Crippen LogP contribution < -0.4 is 0 Å². The van der Waals surface area contributed by atoms with E-state index in [1.54, 1.807) is 6.33 Å². The van der Waals surface area contributed by atoms with Gasteiger partial charge in [-0.05, 0) is 33.2 Å². The zero-order valence-corrected chi connectivity index (χ0v) is 10.5. The van der Waals surface area contributed by atoms with Gasteiger partial charge in [0.1, 0.15) is 12.2 Å². The van der Waals surface area contributed by atoms with Crippen molar-refractivity contribution in [1.82, 2.24) is 19.7 Å². The average Bonchev–Trinajstić information content (AvgIpc) is 2.77. The van der Waals surface area contributed by atoms with Crippen LogP contribution in [0.1, 0.15) is 38.6 Å². The second-order valence-corrected chi connectivity index (χ2v) is 4.92. The molecule has 0 amide bonds. The predicted octanol–water partition coefficient (Wildman–Crippen LogP) is 1.59. The first-order valence-electron chi connectivity index (χ1n) is 6.21. The Morgan fingerprint density at radius 3 is 3.12 bits per heavy atom. The van der Waals surface area contributed by atoms with E-state index in [1.165, 1.54) is 0 Å². The number of nitrogens with zero attached hydrogens (tertiary/aromatic N) is 5. The first-order chi connectivity index (χ1) is 8.20. The maximum Gasteiger partial charge on any atom is 0.141 e. The van der Waals surface area contributed by atoms with Crippen molar-refractivity contribution in [3.63, 3.8) is 0 Å². The molecule has 1 atom stereocenters. The third-order valence-electron chi connectivity index (χ3n) is 3.19. The van der Waals surface area contributed by atoms with Crippen LogP contribution in [0.25, 0.3) is 0 Å². The zero-order chi connectivity index (χ0) is 12.3. The fourth-order valence-corrected chi connectivity index (χ4v) is 2.32. The molecule has 1 aromatic heterocycles. The molecule has 2 rings (SSSR count). The Labute approximate surface area is 102 Å². The van der Waals surface area contributed by atoms with Crippen molar-refractivity contribution in [3.05, 3.63) is 12.2 Å². The Balaban J connectivity index is 2.01. The molecule has 0 N–H and O–H groups in total. The molecule has 5 heteroatoms. The molecule has 0 spiro atoms. The summed E-state index contributed by atoms with van der Waals surface area (Å²) in [4.78, 5) is 6.62. The van der Waals surface area contributed by atoms with Gasteiger partial charge in [0, 0.05) is 12.6 Å². The Bertz CT molecular complexity index is 403. The van der Waals surface area contributed by atoms with Gasteiger partial charge in [-0.1, -0.05) is 0 Å². The Kier molecular flexibility index (Phi) is 3.75. The van der Waals surface area contributed by atoms with Gasteiger partial charge in [0.05, 0.1) is 18.5 Å². The van der Waals surface area contributed by atoms with Gasteiger partial charge in [0.25, 0.3) is 0 Å². The second kappa shape index (κ2) is 5.28. The summed E-state index contributed by atoms with van der Waals surface area (Å²) in [5.74, 6) is 1.18. The second-order valence-electron chi connectivity index (χ2n) is 4.92. The third-order valence-corrected chi connectivity index (χ3v) is 3.19. The van der Waals surface area contributed by atoms with Gasteiger partial charge in [0.2, 0.25) is 0 Å². The minimum Gasteiger partial charge on any atom is -0.295 e. The van der Waals surface area contributed by atoms with Gasteiger partial charge in [-0.25, -0.2) is 9.67 Å². The van der Waals surface area contributed by atoms with Crippen LogP contribution in [-0.4, -0.2) is 32.8 Å². The van der Waals surface area contributed by atoms with Crippen molar-refractivity contribution in [3.8, 4) is 6.07 Å². The number of nitriles is 1.